The topological polar surface area (TPSA) is 105 Å². The summed E-state index contributed by atoms with van der Waals surface area (Å²) < 4.78 is 7.31. The molecule has 26 heavy (non-hydrogen) atoms. The molecule has 132 valence electrons. The number of rotatable bonds is 5. The molecule has 3 rings (SSSR count). The molecule has 2 N–H and O–H groups in total. The van der Waals surface area contributed by atoms with Crippen LogP contribution in [0.3, 0.4) is 0 Å². The van der Waals surface area contributed by atoms with Crippen LogP contribution < -0.4 is 21.5 Å². The van der Waals surface area contributed by atoms with Crippen molar-refractivity contribution in [2.45, 2.75) is 6.61 Å². The highest BCUT2D eigenvalue weighted by atomic mass is 16.5. The van der Waals surface area contributed by atoms with Gasteiger partial charge < -0.3 is 9.72 Å². The standard InChI is InChI=1S/C18H17N5O3/c1-3-23-16(19-2)15(26-11-12-7-5-4-6-8-12)9-14(22-23)13-10-20-18(25)21-17(13)24/h3-10H,1,11H2,2H3,(H2,20,21,24,25). The third-order valence-electron chi connectivity index (χ3n) is 3.64. The first-order chi connectivity index (χ1) is 12.6. The van der Waals surface area contributed by atoms with Crippen LogP contribution in [0.1, 0.15) is 5.56 Å². The second-order valence-electron chi connectivity index (χ2n) is 5.33. The maximum atomic E-state index is 12.1. The molecule has 0 aliphatic rings. The summed E-state index contributed by atoms with van der Waals surface area (Å²) in [6.07, 6.45) is 2.77. The molecule has 0 spiro atoms. The Labute approximate surface area is 148 Å². The Morgan fingerprint density at radius 3 is 2.73 bits per heavy atom. The largest absolute Gasteiger partial charge is 0.485 e. The van der Waals surface area contributed by atoms with Crippen LogP contribution in [0.25, 0.3) is 17.5 Å². The van der Waals surface area contributed by atoms with E-state index >= 15 is 0 Å². The summed E-state index contributed by atoms with van der Waals surface area (Å²) in [5, 5.41) is 4.32. The first-order valence-corrected chi connectivity index (χ1v) is 7.80. The molecular formula is C18H17N5O3. The molecular weight excluding hydrogens is 334 g/mol. The zero-order chi connectivity index (χ0) is 18.5. The quantitative estimate of drug-likeness (QED) is 0.719. The number of benzene rings is 1. The van der Waals surface area contributed by atoms with Gasteiger partial charge in [0.25, 0.3) is 5.56 Å². The van der Waals surface area contributed by atoms with E-state index in [1.807, 2.05) is 30.3 Å². The van der Waals surface area contributed by atoms with Crippen LogP contribution in [0.4, 0.5) is 0 Å². The van der Waals surface area contributed by atoms with Crippen LogP contribution in [-0.4, -0.2) is 26.8 Å². The number of H-pyrrole nitrogens is 2. The molecule has 1 aromatic carbocycles. The van der Waals surface area contributed by atoms with Crippen molar-refractivity contribution in [3.05, 3.63) is 81.1 Å². The smallest absolute Gasteiger partial charge is 0.325 e. The molecule has 0 aliphatic heterocycles. The van der Waals surface area contributed by atoms with Gasteiger partial charge in [-0.05, 0) is 5.56 Å². The van der Waals surface area contributed by atoms with E-state index < -0.39 is 11.2 Å². The predicted octanol–water partition coefficient (Wildman–Crippen LogP) is 1.14. The lowest BCUT2D eigenvalue weighted by Crippen LogP contribution is -2.26. The average Bonchev–Trinajstić information content (AvgIpc) is 2.66. The van der Waals surface area contributed by atoms with Crippen molar-refractivity contribution in [1.29, 1.82) is 0 Å². The molecule has 2 aromatic heterocycles. The number of hydrogen-bond donors (Lipinski definition) is 2. The van der Waals surface area contributed by atoms with Crippen LogP contribution >= 0.6 is 0 Å². The first kappa shape index (κ1) is 17.2. The van der Waals surface area contributed by atoms with Crippen LogP contribution in [0.15, 0.2) is 63.8 Å². The van der Waals surface area contributed by atoms with E-state index in [-0.39, 0.29) is 5.56 Å². The Bertz CT molecular complexity index is 1110. The lowest BCUT2D eigenvalue weighted by molar-refractivity contribution is 0.298. The monoisotopic (exact) mass is 351 g/mol. The number of nitrogens with one attached hydrogen (secondary N) is 2. The van der Waals surface area contributed by atoms with Gasteiger partial charge in [-0.15, -0.1) is 0 Å². The highest BCUT2D eigenvalue weighted by Crippen LogP contribution is 2.16. The van der Waals surface area contributed by atoms with Crippen molar-refractivity contribution in [3.8, 4) is 17.0 Å². The second-order valence-corrected chi connectivity index (χ2v) is 5.33. The molecule has 0 amide bonds. The summed E-state index contributed by atoms with van der Waals surface area (Å²) in [7, 11) is 1.61. The van der Waals surface area contributed by atoms with Gasteiger partial charge >= 0.3 is 5.69 Å². The van der Waals surface area contributed by atoms with Gasteiger partial charge in [-0.1, -0.05) is 36.9 Å². The Kier molecular flexibility index (Phi) is 4.93. The molecule has 3 aromatic rings. The van der Waals surface area contributed by atoms with Gasteiger partial charge in [0.05, 0.1) is 5.56 Å². The third kappa shape index (κ3) is 3.54. The SMILES string of the molecule is C=Cn1nc(-c2c[nH]c(=O)[nH]c2=O)cc(OCc2ccccc2)c1=NC. The van der Waals surface area contributed by atoms with E-state index in [1.165, 1.54) is 17.1 Å². The van der Waals surface area contributed by atoms with Gasteiger partial charge in [0.1, 0.15) is 12.3 Å². The molecule has 8 heteroatoms. The van der Waals surface area contributed by atoms with Crippen LogP contribution in [0, 0.1) is 0 Å². The average molecular weight is 351 g/mol. The highest BCUT2D eigenvalue weighted by molar-refractivity contribution is 5.57. The molecule has 8 nitrogen and oxygen atoms in total. The molecule has 0 unspecified atom stereocenters. The molecule has 0 atom stereocenters. The van der Waals surface area contributed by atoms with Crippen molar-refractivity contribution in [1.82, 2.24) is 19.7 Å². The maximum absolute atomic E-state index is 12.1. The first-order valence-electron chi connectivity index (χ1n) is 7.80. The number of hydrogen-bond acceptors (Lipinski definition) is 5. The van der Waals surface area contributed by atoms with Gasteiger partial charge in [0.15, 0.2) is 11.2 Å². The number of aromatic amines is 2. The van der Waals surface area contributed by atoms with E-state index in [0.717, 1.165) is 5.56 Å². The zero-order valence-corrected chi connectivity index (χ0v) is 14.1. The van der Waals surface area contributed by atoms with E-state index in [9.17, 15) is 9.59 Å². The second kappa shape index (κ2) is 7.47. The van der Waals surface area contributed by atoms with Crippen molar-refractivity contribution >= 4 is 6.20 Å². The van der Waals surface area contributed by atoms with Crippen molar-refractivity contribution in [3.63, 3.8) is 0 Å². The Balaban J connectivity index is 2.09. The molecule has 2 heterocycles. The Morgan fingerprint density at radius 2 is 2.08 bits per heavy atom. The van der Waals surface area contributed by atoms with Crippen LogP contribution in [0.5, 0.6) is 5.75 Å². The predicted molar refractivity (Wildman–Crippen MR) is 97.6 cm³/mol. The lowest BCUT2D eigenvalue weighted by atomic mass is 10.2. The van der Waals surface area contributed by atoms with Gasteiger partial charge in [-0.2, -0.15) is 5.10 Å². The van der Waals surface area contributed by atoms with E-state index in [4.69, 9.17) is 4.74 Å². The molecule has 0 fully saturated rings. The van der Waals surface area contributed by atoms with Crippen LogP contribution in [0.2, 0.25) is 0 Å². The third-order valence-corrected chi connectivity index (χ3v) is 3.64. The van der Waals surface area contributed by atoms with Crippen molar-refractivity contribution in [2.75, 3.05) is 7.05 Å². The summed E-state index contributed by atoms with van der Waals surface area (Å²) in [5.41, 5.74) is 0.828. The van der Waals surface area contributed by atoms with E-state index in [2.05, 4.69) is 26.6 Å². The minimum atomic E-state index is -0.587. The van der Waals surface area contributed by atoms with Crippen LogP contribution in [-0.2, 0) is 6.61 Å². The van der Waals surface area contributed by atoms with Gasteiger partial charge in [0.2, 0.25) is 0 Å². The minimum Gasteiger partial charge on any atom is -0.485 e. The molecule has 0 saturated carbocycles. The summed E-state index contributed by atoms with van der Waals surface area (Å²) in [4.78, 5) is 32.1. The molecule has 0 aliphatic carbocycles. The summed E-state index contributed by atoms with van der Waals surface area (Å²) in [5.74, 6) is 0.437. The molecule has 0 radical (unpaired) electrons. The zero-order valence-electron chi connectivity index (χ0n) is 14.1. The van der Waals surface area contributed by atoms with Crippen molar-refractivity contribution in [2.24, 2.45) is 4.99 Å². The summed E-state index contributed by atoms with van der Waals surface area (Å²) in [6, 6.07) is 11.3. The van der Waals surface area contributed by atoms with E-state index in [1.54, 1.807) is 13.1 Å². The van der Waals surface area contributed by atoms with Gasteiger partial charge in [-0.3, -0.25) is 14.8 Å². The lowest BCUT2D eigenvalue weighted by Gasteiger charge is -2.11. The fourth-order valence-corrected chi connectivity index (χ4v) is 2.41. The van der Waals surface area contributed by atoms with Crippen molar-refractivity contribution < 1.29 is 4.74 Å². The molecule has 0 bridgehead atoms. The maximum Gasteiger partial charge on any atom is 0.325 e. The number of ether oxygens (including phenoxy) is 1. The number of nitrogens with zero attached hydrogens (tertiary/aromatic N) is 3. The Hall–Kier alpha value is -3.68. The fourth-order valence-electron chi connectivity index (χ4n) is 2.41. The van der Waals surface area contributed by atoms with Gasteiger partial charge in [0, 0.05) is 25.5 Å². The minimum absolute atomic E-state index is 0.201. The Morgan fingerprint density at radius 1 is 1.31 bits per heavy atom. The fraction of sp³-hybridized carbons (Fsp3) is 0.111. The molecule has 0 saturated heterocycles. The van der Waals surface area contributed by atoms with E-state index in [0.29, 0.717) is 23.5 Å². The normalized spacial score (nSPS) is 11.3. The number of aromatic nitrogens is 4. The highest BCUT2D eigenvalue weighted by Gasteiger charge is 2.12. The summed E-state index contributed by atoms with van der Waals surface area (Å²) in [6.45, 7) is 4.04. The van der Waals surface area contributed by atoms with Gasteiger partial charge in [-0.25, -0.2) is 9.48 Å². The summed E-state index contributed by atoms with van der Waals surface area (Å²) >= 11 is 0.